The van der Waals surface area contributed by atoms with Crippen LogP contribution in [0.15, 0.2) is 18.2 Å². The van der Waals surface area contributed by atoms with Crippen molar-refractivity contribution in [2.75, 3.05) is 14.2 Å². The number of methoxy groups -OCH3 is 2. The summed E-state index contributed by atoms with van der Waals surface area (Å²) in [4.78, 5) is 22.6. The number of halogens is 3. The van der Waals surface area contributed by atoms with Crippen LogP contribution in [-0.2, 0) is 9.59 Å². The van der Waals surface area contributed by atoms with E-state index in [0.29, 0.717) is 17.1 Å². The third-order valence-electron chi connectivity index (χ3n) is 3.16. The largest absolute Gasteiger partial charge is 0.493 e. The molecule has 1 rings (SSSR count). The Morgan fingerprint density at radius 2 is 1.83 bits per heavy atom. The predicted octanol–water partition coefficient (Wildman–Crippen LogP) is 2.68. The zero-order chi connectivity index (χ0) is 18.3. The maximum atomic E-state index is 12.2. The molecule has 0 aromatic heterocycles. The van der Waals surface area contributed by atoms with Crippen LogP contribution in [0.5, 0.6) is 11.5 Å². The van der Waals surface area contributed by atoms with Crippen molar-refractivity contribution >= 4 is 11.9 Å². The zero-order valence-electron chi connectivity index (χ0n) is 13.1. The van der Waals surface area contributed by atoms with Crippen molar-refractivity contribution in [1.82, 2.24) is 5.32 Å². The van der Waals surface area contributed by atoms with E-state index in [-0.39, 0.29) is 0 Å². The van der Waals surface area contributed by atoms with E-state index < -0.39 is 43.4 Å². The summed E-state index contributed by atoms with van der Waals surface area (Å²) >= 11 is 0. The monoisotopic (exact) mass is 349 g/mol. The average Bonchev–Trinajstić information content (AvgIpc) is 2.50. The minimum Gasteiger partial charge on any atom is -0.493 e. The van der Waals surface area contributed by atoms with E-state index in [2.05, 4.69) is 5.32 Å². The molecule has 0 aliphatic rings. The van der Waals surface area contributed by atoms with Gasteiger partial charge in [0.05, 0.1) is 33.1 Å². The Morgan fingerprint density at radius 3 is 2.33 bits per heavy atom. The molecule has 1 aromatic rings. The van der Waals surface area contributed by atoms with E-state index >= 15 is 0 Å². The first-order valence-electron chi connectivity index (χ1n) is 6.96. The smallest absolute Gasteiger partial charge is 0.389 e. The van der Waals surface area contributed by atoms with Gasteiger partial charge in [0.2, 0.25) is 5.91 Å². The number of rotatable bonds is 8. The van der Waals surface area contributed by atoms with Gasteiger partial charge >= 0.3 is 12.1 Å². The lowest BCUT2D eigenvalue weighted by molar-refractivity contribution is -0.145. The fraction of sp³-hybridized carbons (Fsp3) is 0.467. The number of carboxylic acids is 1. The first-order valence-corrected chi connectivity index (χ1v) is 6.96. The molecule has 0 spiro atoms. The summed E-state index contributed by atoms with van der Waals surface area (Å²) in [6.07, 6.45) is -6.98. The van der Waals surface area contributed by atoms with Gasteiger partial charge in [-0.05, 0) is 17.7 Å². The molecule has 0 bridgehead atoms. The van der Waals surface area contributed by atoms with Crippen LogP contribution in [0, 0.1) is 0 Å². The van der Waals surface area contributed by atoms with Crippen molar-refractivity contribution in [3.63, 3.8) is 0 Å². The molecule has 1 amide bonds. The Balaban J connectivity index is 2.93. The van der Waals surface area contributed by atoms with Gasteiger partial charge in [-0.15, -0.1) is 0 Å². The standard InChI is InChI=1S/C15H18F3NO5/c1-23-11-4-3-9(7-12(11)24-2)10(8-14(21)22)19-13(20)5-6-15(16,17)18/h3-4,7,10H,5-6,8H2,1-2H3,(H,19,20)(H,21,22). The summed E-state index contributed by atoms with van der Waals surface area (Å²) in [5, 5.41) is 11.3. The van der Waals surface area contributed by atoms with Crippen LogP contribution < -0.4 is 14.8 Å². The first kappa shape index (κ1) is 19.6. The summed E-state index contributed by atoms with van der Waals surface area (Å²) in [6.45, 7) is 0. The quantitative estimate of drug-likeness (QED) is 0.754. The number of alkyl halides is 3. The van der Waals surface area contributed by atoms with Crippen LogP contribution in [-0.4, -0.2) is 37.4 Å². The highest BCUT2D eigenvalue weighted by Gasteiger charge is 2.29. The lowest BCUT2D eigenvalue weighted by atomic mass is 10.0. The second-order valence-electron chi connectivity index (χ2n) is 4.95. The van der Waals surface area contributed by atoms with Crippen molar-refractivity contribution in [2.45, 2.75) is 31.5 Å². The predicted molar refractivity (Wildman–Crippen MR) is 78.0 cm³/mol. The topological polar surface area (TPSA) is 84.9 Å². The normalized spacial score (nSPS) is 12.4. The highest BCUT2D eigenvalue weighted by atomic mass is 19.4. The zero-order valence-corrected chi connectivity index (χ0v) is 13.1. The molecule has 24 heavy (non-hydrogen) atoms. The molecule has 0 saturated heterocycles. The van der Waals surface area contributed by atoms with Crippen LogP contribution in [0.4, 0.5) is 13.2 Å². The Bertz CT molecular complexity index is 589. The SMILES string of the molecule is COc1ccc(C(CC(=O)O)NC(=O)CCC(F)(F)F)cc1OC. The van der Waals surface area contributed by atoms with Crippen molar-refractivity contribution in [1.29, 1.82) is 0 Å². The molecule has 1 aromatic carbocycles. The lowest BCUT2D eigenvalue weighted by Gasteiger charge is -2.19. The van der Waals surface area contributed by atoms with E-state index in [1.807, 2.05) is 0 Å². The molecule has 0 aliphatic heterocycles. The van der Waals surface area contributed by atoms with Gasteiger partial charge in [-0.1, -0.05) is 6.07 Å². The minimum absolute atomic E-state index is 0.315. The summed E-state index contributed by atoms with van der Waals surface area (Å²) < 4.78 is 46.6. The first-order chi connectivity index (χ1) is 11.2. The summed E-state index contributed by atoms with van der Waals surface area (Å²) in [5.74, 6) is -1.37. The highest BCUT2D eigenvalue weighted by molar-refractivity contribution is 5.77. The molecule has 0 saturated carbocycles. The van der Waals surface area contributed by atoms with Gasteiger partial charge in [-0.3, -0.25) is 9.59 Å². The van der Waals surface area contributed by atoms with Gasteiger partial charge in [0.15, 0.2) is 11.5 Å². The highest BCUT2D eigenvalue weighted by Crippen LogP contribution is 2.31. The number of carboxylic acid groups (broad SMARTS) is 1. The minimum atomic E-state index is -4.46. The van der Waals surface area contributed by atoms with Gasteiger partial charge in [-0.2, -0.15) is 13.2 Å². The molecule has 0 radical (unpaired) electrons. The number of nitrogens with one attached hydrogen (secondary N) is 1. The number of ether oxygens (including phenoxy) is 2. The molecule has 134 valence electrons. The van der Waals surface area contributed by atoms with Gasteiger partial charge in [0.1, 0.15) is 0 Å². The Hall–Kier alpha value is -2.45. The molecule has 1 unspecified atom stereocenters. The van der Waals surface area contributed by atoms with Crippen LogP contribution >= 0.6 is 0 Å². The molecular weight excluding hydrogens is 331 g/mol. The Labute approximate surface area is 136 Å². The molecule has 0 aliphatic carbocycles. The second kappa shape index (κ2) is 8.42. The fourth-order valence-electron chi connectivity index (χ4n) is 2.02. The molecule has 0 fully saturated rings. The van der Waals surface area contributed by atoms with Gasteiger partial charge in [0.25, 0.3) is 0 Å². The number of aliphatic carboxylic acids is 1. The van der Waals surface area contributed by atoms with E-state index in [9.17, 15) is 22.8 Å². The van der Waals surface area contributed by atoms with Crippen LogP contribution in [0.25, 0.3) is 0 Å². The molecule has 6 nitrogen and oxygen atoms in total. The number of carbonyl (C=O) groups is 2. The van der Waals surface area contributed by atoms with Gasteiger partial charge < -0.3 is 19.9 Å². The van der Waals surface area contributed by atoms with Gasteiger partial charge in [0, 0.05) is 6.42 Å². The van der Waals surface area contributed by atoms with Gasteiger partial charge in [-0.25, -0.2) is 0 Å². The van der Waals surface area contributed by atoms with E-state index in [1.165, 1.54) is 32.4 Å². The number of carbonyl (C=O) groups excluding carboxylic acids is 1. The molecule has 9 heteroatoms. The van der Waals surface area contributed by atoms with Crippen molar-refractivity contribution < 1.29 is 37.3 Å². The lowest BCUT2D eigenvalue weighted by Crippen LogP contribution is -2.31. The van der Waals surface area contributed by atoms with E-state index in [1.54, 1.807) is 0 Å². The third kappa shape index (κ3) is 6.35. The average molecular weight is 349 g/mol. The summed E-state index contributed by atoms with van der Waals surface area (Å²) in [7, 11) is 2.81. The van der Waals surface area contributed by atoms with Crippen molar-refractivity contribution in [3.8, 4) is 11.5 Å². The van der Waals surface area contributed by atoms with Crippen molar-refractivity contribution in [2.24, 2.45) is 0 Å². The summed E-state index contributed by atoms with van der Waals surface area (Å²) in [6, 6.07) is 3.52. The maximum Gasteiger partial charge on any atom is 0.389 e. The van der Waals surface area contributed by atoms with Crippen LogP contribution in [0.2, 0.25) is 0 Å². The summed E-state index contributed by atoms with van der Waals surface area (Å²) in [5.41, 5.74) is 0.385. The number of hydrogen-bond acceptors (Lipinski definition) is 4. The third-order valence-corrected chi connectivity index (χ3v) is 3.16. The van der Waals surface area contributed by atoms with Crippen LogP contribution in [0.3, 0.4) is 0 Å². The van der Waals surface area contributed by atoms with Crippen molar-refractivity contribution in [3.05, 3.63) is 23.8 Å². The number of benzene rings is 1. The molecular formula is C15H18F3NO5. The Morgan fingerprint density at radius 1 is 1.21 bits per heavy atom. The van der Waals surface area contributed by atoms with E-state index in [4.69, 9.17) is 14.6 Å². The molecule has 1 atom stereocenters. The second-order valence-corrected chi connectivity index (χ2v) is 4.95. The number of amides is 1. The molecule has 2 N–H and O–H groups in total. The maximum absolute atomic E-state index is 12.2. The van der Waals surface area contributed by atoms with Crippen LogP contribution in [0.1, 0.15) is 30.9 Å². The number of hydrogen-bond donors (Lipinski definition) is 2. The fourth-order valence-corrected chi connectivity index (χ4v) is 2.02. The molecule has 0 heterocycles. The Kier molecular flexibility index (Phi) is 6.87. The van der Waals surface area contributed by atoms with E-state index in [0.717, 1.165) is 0 Å².